The molecule has 30 heavy (non-hydrogen) atoms. The summed E-state index contributed by atoms with van der Waals surface area (Å²) in [5.74, 6) is -1.10. The first-order valence-corrected chi connectivity index (χ1v) is 9.44. The molecule has 148 valence electrons. The number of aromatic carboxylic acids is 1. The first-order chi connectivity index (χ1) is 14.6. The van der Waals surface area contributed by atoms with Gasteiger partial charge in [-0.2, -0.15) is 0 Å². The Morgan fingerprint density at radius 3 is 2.20 bits per heavy atom. The summed E-state index contributed by atoms with van der Waals surface area (Å²) in [4.78, 5) is 24.2. The fourth-order valence-corrected chi connectivity index (χ4v) is 3.20. The molecular formula is C25H19NO4. The normalized spacial score (nSPS) is 10.5. The van der Waals surface area contributed by atoms with Crippen LogP contribution in [-0.4, -0.2) is 15.6 Å². The van der Waals surface area contributed by atoms with E-state index in [1.807, 2.05) is 78.9 Å². The van der Waals surface area contributed by atoms with Gasteiger partial charge in [0.05, 0.1) is 6.20 Å². The van der Waals surface area contributed by atoms with E-state index >= 15 is 0 Å². The molecule has 0 atom stereocenters. The van der Waals surface area contributed by atoms with Gasteiger partial charge >= 0.3 is 5.97 Å². The minimum atomic E-state index is -1.19. The number of hydrogen-bond donors (Lipinski definition) is 1. The van der Waals surface area contributed by atoms with Crippen LogP contribution in [0.25, 0.3) is 16.8 Å². The fourth-order valence-electron chi connectivity index (χ4n) is 3.20. The lowest BCUT2D eigenvalue weighted by Gasteiger charge is -2.14. The van der Waals surface area contributed by atoms with E-state index in [4.69, 9.17) is 4.74 Å². The number of carboxylic acids is 1. The number of carbonyl (C=O) groups is 1. The van der Waals surface area contributed by atoms with Gasteiger partial charge in [-0.3, -0.25) is 4.79 Å². The number of benzene rings is 3. The molecular weight excluding hydrogens is 378 g/mol. The van der Waals surface area contributed by atoms with Crippen molar-refractivity contribution in [1.29, 1.82) is 0 Å². The Labute approximate surface area is 173 Å². The van der Waals surface area contributed by atoms with E-state index < -0.39 is 11.4 Å². The van der Waals surface area contributed by atoms with Crippen molar-refractivity contribution in [2.24, 2.45) is 0 Å². The molecule has 1 N–H and O–H groups in total. The highest BCUT2D eigenvalue weighted by Gasteiger charge is 2.15. The molecule has 0 aliphatic heterocycles. The van der Waals surface area contributed by atoms with Gasteiger partial charge in [0.1, 0.15) is 12.3 Å². The Balaban J connectivity index is 1.75. The van der Waals surface area contributed by atoms with Crippen molar-refractivity contribution in [3.8, 4) is 22.6 Å². The molecule has 0 unspecified atom stereocenters. The third-order valence-electron chi connectivity index (χ3n) is 4.70. The van der Waals surface area contributed by atoms with Gasteiger partial charge in [-0.25, -0.2) is 4.79 Å². The maximum absolute atomic E-state index is 12.4. The topological polar surface area (TPSA) is 68.5 Å². The number of carboxylic acid groups (broad SMARTS) is 1. The molecule has 0 amide bonds. The lowest BCUT2D eigenvalue weighted by molar-refractivity contribution is 0.0687. The van der Waals surface area contributed by atoms with E-state index in [-0.39, 0.29) is 18.1 Å². The SMILES string of the molecule is O=C(O)c1cc(=O)c(OCc2ccccc2)cn1-c1cccc(-c2ccccc2)c1. The molecule has 0 aliphatic rings. The van der Waals surface area contributed by atoms with Gasteiger partial charge in [0.15, 0.2) is 5.75 Å². The highest BCUT2D eigenvalue weighted by molar-refractivity contribution is 5.86. The summed E-state index contributed by atoms with van der Waals surface area (Å²) in [6.07, 6.45) is 1.44. The monoisotopic (exact) mass is 397 g/mol. The highest BCUT2D eigenvalue weighted by atomic mass is 16.5. The molecule has 0 fully saturated rings. The number of rotatable bonds is 6. The van der Waals surface area contributed by atoms with Gasteiger partial charge in [-0.15, -0.1) is 0 Å². The third-order valence-corrected chi connectivity index (χ3v) is 4.70. The predicted molar refractivity (Wildman–Crippen MR) is 115 cm³/mol. The summed E-state index contributed by atoms with van der Waals surface area (Å²) >= 11 is 0. The van der Waals surface area contributed by atoms with Gasteiger partial charge in [-0.05, 0) is 28.8 Å². The Hall–Kier alpha value is -4.12. The highest BCUT2D eigenvalue weighted by Crippen LogP contribution is 2.23. The van der Waals surface area contributed by atoms with Crippen LogP contribution in [0.4, 0.5) is 0 Å². The van der Waals surface area contributed by atoms with Crippen LogP contribution in [0.2, 0.25) is 0 Å². The van der Waals surface area contributed by atoms with Crippen LogP contribution in [-0.2, 0) is 6.61 Å². The summed E-state index contributed by atoms with van der Waals surface area (Å²) < 4.78 is 7.18. The van der Waals surface area contributed by atoms with Gasteiger partial charge in [-0.1, -0.05) is 72.8 Å². The molecule has 4 aromatic rings. The second kappa shape index (κ2) is 8.49. The Kier molecular flexibility index (Phi) is 5.44. The average Bonchev–Trinajstić information content (AvgIpc) is 2.79. The first kappa shape index (κ1) is 19.2. The molecule has 1 heterocycles. The summed E-state index contributed by atoms with van der Waals surface area (Å²) in [6, 6.07) is 27.8. The summed E-state index contributed by atoms with van der Waals surface area (Å²) in [5.41, 5.74) is 2.89. The van der Waals surface area contributed by atoms with Crippen LogP contribution >= 0.6 is 0 Å². The molecule has 4 rings (SSSR count). The Bertz CT molecular complexity index is 1230. The molecule has 1 aromatic heterocycles. The van der Waals surface area contributed by atoms with Gasteiger partial charge < -0.3 is 14.4 Å². The number of nitrogens with zero attached hydrogens (tertiary/aromatic N) is 1. The number of hydrogen-bond acceptors (Lipinski definition) is 3. The second-order valence-electron chi connectivity index (χ2n) is 6.75. The van der Waals surface area contributed by atoms with Crippen molar-refractivity contribution in [1.82, 2.24) is 4.57 Å². The second-order valence-corrected chi connectivity index (χ2v) is 6.75. The van der Waals surface area contributed by atoms with Crippen LogP contribution in [0, 0.1) is 0 Å². The standard InChI is InChI=1S/C25H19NO4/c27-23-15-22(25(28)29)26(16-24(23)30-17-18-8-3-1-4-9-18)21-13-7-12-20(14-21)19-10-5-2-6-11-19/h1-16H,17H2,(H,28,29). The number of pyridine rings is 1. The van der Waals surface area contributed by atoms with Crippen LogP contribution < -0.4 is 10.2 Å². The molecule has 3 aromatic carbocycles. The minimum absolute atomic E-state index is 0.0916. The predicted octanol–water partition coefficient (Wildman–Crippen LogP) is 4.78. The van der Waals surface area contributed by atoms with Crippen LogP contribution in [0.15, 0.2) is 102 Å². The Morgan fingerprint density at radius 1 is 0.833 bits per heavy atom. The lowest BCUT2D eigenvalue weighted by Crippen LogP contribution is -2.17. The molecule has 0 spiro atoms. The van der Waals surface area contributed by atoms with Crippen molar-refractivity contribution in [3.05, 3.63) is 119 Å². The lowest BCUT2D eigenvalue weighted by atomic mass is 10.1. The smallest absolute Gasteiger partial charge is 0.353 e. The largest absolute Gasteiger partial charge is 0.483 e. The van der Waals surface area contributed by atoms with Crippen molar-refractivity contribution in [2.45, 2.75) is 6.61 Å². The first-order valence-electron chi connectivity index (χ1n) is 9.44. The van der Waals surface area contributed by atoms with Crippen LogP contribution in [0.5, 0.6) is 5.75 Å². The molecule has 0 saturated carbocycles. The van der Waals surface area contributed by atoms with E-state index in [1.54, 1.807) is 6.07 Å². The van der Waals surface area contributed by atoms with Gasteiger partial charge in [0, 0.05) is 11.8 Å². The molecule has 0 saturated heterocycles. The quantitative estimate of drug-likeness (QED) is 0.508. The van der Waals surface area contributed by atoms with E-state index in [0.29, 0.717) is 5.69 Å². The van der Waals surface area contributed by atoms with E-state index in [9.17, 15) is 14.7 Å². The molecule has 0 aliphatic carbocycles. The zero-order valence-electron chi connectivity index (χ0n) is 16.1. The number of aromatic nitrogens is 1. The molecule has 0 bridgehead atoms. The maximum atomic E-state index is 12.4. The van der Waals surface area contributed by atoms with Gasteiger partial charge in [0.25, 0.3) is 0 Å². The molecule has 5 nitrogen and oxygen atoms in total. The summed E-state index contributed by atoms with van der Waals surface area (Å²) in [7, 11) is 0. The van der Waals surface area contributed by atoms with Crippen molar-refractivity contribution < 1.29 is 14.6 Å². The minimum Gasteiger partial charge on any atom is -0.483 e. The average molecular weight is 397 g/mol. The molecule has 5 heteroatoms. The zero-order chi connectivity index (χ0) is 20.9. The van der Waals surface area contributed by atoms with Crippen molar-refractivity contribution in [3.63, 3.8) is 0 Å². The van der Waals surface area contributed by atoms with E-state index in [0.717, 1.165) is 22.8 Å². The van der Waals surface area contributed by atoms with Crippen molar-refractivity contribution >= 4 is 5.97 Å². The van der Waals surface area contributed by atoms with E-state index in [1.165, 1.54) is 10.8 Å². The van der Waals surface area contributed by atoms with Crippen LogP contribution in [0.1, 0.15) is 16.1 Å². The van der Waals surface area contributed by atoms with Crippen molar-refractivity contribution in [2.75, 3.05) is 0 Å². The summed E-state index contributed by atoms with van der Waals surface area (Å²) in [5, 5.41) is 9.64. The number of ether oxygens (including phenoxy) is 1. The van der Waals surface area contributed by atoms with E-state index in [2.05, 4.69) is 0 Å². The zero-order valence-corrected chi connectivity index (χ0v) is 16.1. The van der Waals surface area contributed by atoms with Crippen LogP contribution in [0.3, 0.4) is 0 Å². The molecule has 0 radical (unpaired) electrons. The van der Waals surface area contributed by atoms with Gasteiger partial charge in [0.2, 0.25) is 5.43 Å². The fraction of sp³-hybridized carbons (Fsp3) is 0.0400. The summed E-state index contributed by atoms with van der Waals surface area (Å²) in [6.45, 7) is 0.215. The Morgan fingerprint density at radius 2 is 1.50 bits per heavy atom. The maximum Gasteiger partial charge on any atom is 0.353 e. The third kappa shape index (κ3) is 4.15.